The fourth-order valence-corrected chi connectivity index (χ4v) is 2.60. The van der Waals surface area contributed by atoms with Crippen LogP contribution in [-0.2, 0) is 16.0 Å². The molecular formula is C15H17N3O3. The first-order valence-corrected chi connectivity index (χ1v) is 6.94. The number of amides is 1. The second-order valence-corrected chi connectivity index (χ2v) is 5.40. The number of hydrogen-bond donors (Lipinski definition) is 1. The van der Waals surface area contributed by atoms with Gasteiger partial charge in [0.1, 0.15) is 6.29 Å². The molecule has 1 N–H and O–H groups in total. The van der Waals surface area contributed by atoms with E-state index in [1.165, 1.54) is 5.06 Å². The van der Waals surface area contributed by atoms with E-state index < -0.39 is 0 Å². The quantitative estimate of drug-likeness (QED) is 0.822. The average Bonchev–Trinajstić information content (AvgIpc) is 2.49. The van der Waals surface area contributed by atoms with Crippen LogP contribution in [0, 0.1) is 6.92 Å². The number of carbonyl (C=O) groups excluding carboxylic acids is 2. The van der Waals surface area contributed by atoms with Crippen molar-refractivity contribution in [2.45, 2.75) is 32.2 Å². The summed E-state index contributed by atoms with van der Waals surface area (Å²) in [6.07, 6.45) is 2.68. The highest BCUT2D eigenvalue weighted by Crippen LogP contribution is 2.29. The van der Waals surface area contributed by atoms with Gasteiger partial charge < -0.3 is 9.63 Å². The summed E-state index contributed by atoms with van der Waals surface area (Å²) in [6, 6.07) is 3.70. The van der Waals surface area contributed by atoms with Crippen LogP contribution in [0.3, 0.4) is 0 Å². The highest BCUT2D eigenvalue weighted by Gasteiger charge is 2.25. The number of benzene rings is 1. The molecule has 1 aromatic carbocycles. The normalized spacial score (nSPS) is 21.0. The third kappa shape index (κ3) is 2.49. The first-order valence-electron chi connectivity index (χ1n) is 6.94. The number of fused-ring (bicyclic) bond motifs is 1. The SMILES string of the molecule is Cc1cc2c(cc1C1=NNC(C=O)CC1)CC(=O)N(C)O2. The Hall–Kier alpha value is -2.37. The molecule has 0 saturated heterocycles. The second-order valence-electron chi connectivity index (χ2n) is 5.40. The summed E-state index contributed by atoms with van der Waals surface area (Å²) in [5.41, 5.74) is 6.69. The predicted molar refractivity (Wildman–Crippen MR) is 77.0 cm³/mol. The fraction of sp³-hybridized carbons (Fsp3) is 0.400. The molecule has 0 radical (unpaired) electrons. The van der Waals surface area contributed by atoms with Gasteiger partial charge in [0, 0.05) is 18.2 Å². The molecule has 1 aromatic rings. The maximum Gasteiger partial charge on any atom is 0.259 e. The lowest BCUT2D eigenvalue weighted by Gasteiger charge is -2.26. The van der Waals surface area contributed by atoms with E-state index in [9.17, 15) is 9.59 Å². The van der Waals surface area contributed by atoms with Crippen molar-refractivity contribution < 1.29 is 14.4 Å². The molecular weight excluding hydrogens is 270 g/mol. The summed E-state index contributed by atoms with van der Waals surface area (Å²) in [4.78, 5) is 28.0. The van der Waals surface area contributed by atoms with Gasteiger partial charge in [-0.1, -0.05) is 0 Å². The van der Waals surface area contributed by atoms with Gasteiger partial charge in [-0.05, 0) is 37.5 Å². The van der Waals surface area contributed by atoms with E-state index in [2.05, 4.69) is 10.5 Å². The van der Waals surface area contributed by atoms with Crippen LogP contribution in [0.2, 0.25) is 0 Å². The number of aldehydes is 1. The molecule has 0 fully saturated rings. The summed E-state index contributed by atoms with van der Waals surface area (Å²) >= 11 is 0. The zero-order valence-corrected chi connectivity index (χ0v) is 12.0. The van der Waals surface area contributed by atoms with Crippen LogP contribution < -0.4 is 10.3 Å². The maximum absolute atomic E-state index is 11.7. The molecule has 2 heterocycles. The molecule has 1 atom stereocenters. The molecule has 3 rings (SSSR count). The Morgan fingerprint density at radius 2 is 2.29 bits per heavy atom. The molecule has 6 nitrogen and oxygen atoms in total. The van der Waals surface area contributed by atoms with Crippen LogP contribution in [0.15, 0.2) is 17.2 Å². The zero-order chi connectivity index (χ0) is 15.0. The Morgan fingerprint density at radius 3 is 2.95 bits per heavy atom. The van der Waals surface area contributed by atoms with E-state index in [1.807, 2.05) is 19.1 Å². The third-order valence-electron chi connectivity index (χ3n) is 3.87. The minimum Gasteiger partial charge on any atom is -0.377 e. The number of rotatable bonds is 2. The van der Waals surface area contributed by atoms with Crippen molar-refractivity contribution in [3.05, 3.63) is 28.8 Å². The van der Waals surface area contributed by atoms with Crippen LogP contribution in [0.1, 0.15) is 29.5 Å². The standard InChI is InChI=1S/C15H17N3O3/c1-9-5-14-10(7-15(20)18(2)21-14)6-12(9)13-4-3-11(8-19)16-17-13/h5-6,8,11,16H,3-4,7H2,1-2H3. The fourth-order valence-electron chi connectivity index (χ4n) is 2.60. The van der Waals surface area contributed by atoms with Crippen LogP contribution in [0.4, 0.5) is 0 Å². The van der Waals surface area contributed by atoms with E-state index in [-0.39, 0.29) is 11.9 Å². The number of aryl methyl sites for hydroxylation is 1. The number of hydroxylamine groups is 2. The lowest BCUT2D eigenvalue weighted by atomic mass is 9.94. The van der Waals surface area contributed by atoms with Crippen molar-refractivity contribution in [3.63, 3.8) is 0 Å². The first-order chi connectivity index (χ1) is 10.1. The van der Waals surface area contributed by atoms with Gasteiger partial charge in [-0.3, -0.25) is 10.2 Å². The van der Waals surface area contributed by atoms with Gasteiger partial charge in [0.2, 0.25) is 0 Å². The van der Waals surface area contributed by atoms with Gasteiger partial charge >= 0.3 is 0 Å². The Labute approximate surface area is 122 Å². The van der Waals surface area contributed by atoms with Crippen LogP contribution in [0.25, 0.3) is 0 Å². The van der Waals surface area contributed by atoms with Crippen molar-refractivity contribution in [1.29, 1.82) is 0 Å². The van der Waals surface area contributed by atoms with E-state index in [1.54, 1.807) is 7.05 Å². The molecule has 0 bridgehead atoms. The molecule has 0 spiro atoms. The summed E-state index contributed by atoms with van der Waals surface area (Å²) in [6.45, 7) is 1.99. The van der Waals surface area contributed by atoms with E-state index >= 15 is 0 Å². The van der Waals surface area contributed by atoms with Crippen molar-refractivity contribution in [2.75, 3.05) is 7.05 Å². The second kappa shape index (κ2) is 5.20. The van der Waals surface area contributed by atoms with Gasteiger partial charge in [-0.25, -0.2) is 0 Å². The van der Waals surface area contributed by atoms with Crippen LogP contribution >= 0.6 is 0 Å². The summed E-state index contributed by atoms with van der Waals surface area (Å²) in [5.74, 6) is 0.649. The van der Waals surface area contributed by atoms with Gasteiger partial charge in [-0.15, -0.1) is 0 Å². The minimum atomic E-state index is -0.203. The Bertz CT molecular complexity index is 639. The lowest BCUT2D eigenvalue weighted by Crippen LogP contribution is -2.36. The van der Waals surface area contributed by atoms with Gasteiger partial charge in [0.05, 0.1) is 18.2 Å². The van der Waals surface area contributed by atoms with E-state index in [0.717, 1.165) is 41.5 Å². The monoisotopic (exact) mass is 287 g/mol. The Balaban J connectivity index is 1.94. The Morgan fingerprint density at radius 1 is 1.48 bits per heavy atom. The summed E-state index contributed by atoms with van der Waals surface area (Å²) in [5, 5.41) is 5.55. The maximum atomic E-state index is 11.7. The van der Waals surface area contributed by atoms with Gasteiger partial charge in [-0.2, -0.15) is 10.2 Å². The summed E-state index contributed by atoms with van der Waals surface area (Å²) < 4.78 is 0. The predicted octanol–water partition coefficient (Wildman–Crippen LogP) is 0.958. The Kier molecular flexibility index (Phi) is 3.37. The van der Waals surface area contributed by atoms with Crippen LogP contribution in [-0.4, -0.2) is 36.1 Å². The number of carbonyl (C=O) groups is 2. The molecule has 21 heavy (non-hydrogen) atoms. The van der Waals surface area contributed by atoms with E-state index in [4.69, 9.17) is 4.84 Å². The number of likely N-dealkylation sites (N-methyl/N-ethyl adjacent to an activating group) is 1. The summed E-state index contributed by atoms with van der Waals surface area (Å²) in [7, 11) is 1.61. The molecule has 6 heteroatoms. The topological polar surface area (TPSA) is 71.0 Å². The smallest absolute Gasteiger partial charge is 0.259 e. The molecule has 110 valence electrons. The van der Waals surface area contributed by atoms with Crippen molar-refractivity contribution in [1.82, 2.24) is 10.5 Å². The molecule has 2 aliphatic rings. The van der Waals surface area contributed by atoms with E-state index in [0.29, 0.717) is 12.2 Å². The van der Waals surface area contributed by atoms with Gasteiger partial charge in [0.25, 0.3) is 5.91 Å². The van der Waals surface area contributed by atoms with Gasteiger partial charge in [0.15, 0.2) is 5.75 Å². The number of nitrogens with zero attached hydrogens (tertiary/aromatic N) is 2. The number of hydrazone groups is 1. The van der Waals surface area contributed by atoms with Crippen LogP contribution in [0.5, 0.6) is 5.75 Å². The highest BCUT2D eigenvalue weighted by molar-refractivity contribution is 6.03. The molecule has 1 amide bonds. The van der Waals surface area contributed by atoms with Crippen molar-refractivity contribution in [2.24, 2.45) is 5.10 Å². The average molecular weight is 287 g/mol. The molecule has 1 unspecified atom stereocenters. The molecule has 0 aliphatic carbocycles. The lowest BCUT2D eigenvalue weighted by molar-refractivity contribution is -0.154. The number of hydrogen-bond acceptors (Lipinski definition) is 5. The first kappa shape index (κ1) is 13.6. The highest BCUT2D eigenvalue weighted by atomic mass is 16.7. The molecule has 2 aliphatic heterocycles. The molecule has 0 aromatic heterocycles. The number of nitrogens with one attached hydrogen (secondary N) is 1. The largest absolute Gasteiger partial charge is 0.377 e. The van der Waals surface area contributed by atoms with Crippen molar-refractivity contribution in [3.8, 4) is 5.75 Å². The zero-order valence-electron chi connectivity index (χ0n) is 12.0. The minimum absolute atomic E-state index is 0.0676. The van der Waals surface area contributed by atoms with Crippen molar-refractivity contribution >= 4 is 17.9 Å². The molecule has 0 saturated carbocycles. The third-order valence-corrected chi connectivity index (χ3v) is 3.87.